The maximum Gasteiger partial charge on any atom is 0.148 e. The molecule has 0 aliphatic carbocycles. The van der Waals surface area contributed by atoms with Crippen molar-refractivity contribution >= 4 is 11.3 Å². The van der Waals surface area contributed by atoms with Gasteiger partial charge in [0, 0.05) is 5.56 Å². The summed E-state index contributed by atoms with van der Waals surface area (Å²) in [5.41, 5.74) is 3.75. The molecule has 0 amide bonds. The second-order valence-corrected chi connectivity index (χ2v) is 5.47. The van der Waals surface area contributed by atoms with E-state index in [9.17, 15) is 0 Å². The third-order valence-electron chi connectivity index (χ3n) is 3.19. The van der Waals surface area contributed by atoms with Crippen molar-refractivity contribution in [3.8, 4) is 10.6 Å². The lowest BCUT2D eigenvalue weighted by Gasteiger charge is -2.08. The molecule has 0 spiro atoms. The minimum atomic E-state index is 0.306. The number of nitrogens with zero attached hydrogens (tertiary/aromatic N) is 2. The number of benzene rings is 1. The lowest BCUT2D eigenvalue weighted by molar-refractivity contribution is 0.568. The lowest BCUT2D eigenvalue weighted by Crippen LogP contribution is -2.14. The number of rotatable bonds is 4. The lowest BCUT2D eigenvalue weighted by atomic mass is 10.0. The number of aromatic nitrogens is 2. The average Bonchev–Trinajstić information content (AvgIpc) is 2.80. The minimum Gasteiger partial charge on any atom is -0.311 e. The molecular formula is C14H19N3S. The molecular weight excluding hydrogens is 242 g/mol. The fraction of sp³-hybridized carbons (Fsp3) is 0.429. The molecule has 2 rings (SSSR count). The zero-order chi connectivity index (χ0) is 13.1. The van der Waals surface area contributed by atoms with Gasteiger partial charge >= 0.3 is 0 Å². The Labute approximate surface area is 112 Å². The van der Waals surface area contributed by atoms with Gasteiger partial charge in [0.1, 0.15) is 10.0 Å². The van der Waals surface area contributed by atoms with Crippen LogP contribution in [0.5, 0.6) is 0 Å². The maximum absolute atomic E-state index is 4.35. The summed E-state index contributed by atoms with van der Waals surface area (Å²) < 4.78 is 0. The van der Waals surface area contributed by atoms with Crippen LogP contribution in [-0.2, 0) is 0 Å². The highest BCUT2D eigenvalue weighted by atomic mass is 32.1. The van der Waals surface area contributed by atoms with Crippen LogP contribution in [0.25, 0.3) is 10.6 Å². The van der Waals surface area contributed by atoms with E-state index in [0.29, 0.717) is 6.04 Å². The van der Waals surface area contributed by atoms with Gasteiger partial charge in [-0.3, -0.25) is 0 Å². The van der Waals surface area contributed by atoms with E-state index in [1.807, 2.05) is 7.05 Å². The van der Waals surface area contributed by atoms with Crippen LogP contribution in [0.4, 0.5) is 0 Å². The summed E-state index contributed by atoms with van der Waals surface area (Å²) in [5.74, 6) is 0. The summed E-state index contributed by atoms with van der Waals surface area (Å²) in [6, 6.07) is 6.64. The van der Waals surface area contributed by atoms with E-state index in [4.69, 9.17) is 0 Å². The molecule has 1 N–H and O–H groups in total. The van der Waals surface area contributed by atoms with Crippen molar-refractivity contribution in [2.24, 2.45) is 0 Å². The van der Waals surface area contributed by atoms with Gasteiger partial charge in [0.2, 0.25) is 0 Å². The summed E-state index contributed by atoms with van der Waals surface area (Å²) in [6.45, 7) is 6.40. The van der Waals surface area contributed by atoms with Gasteiger partial charge in [-0.25, -0.2) is 0 Å². The first-order chi connectivity index (χ1) is 8.67. The normalized spacial score (nSPS) is 12.7. The van der Waals surface area contributed by atoms with Crippen molar-refractivity contribution in [3.05, 3.63) is 34.3 Å². The fourth-order valence-electron chi connectivity index (χ4n) is 2.13. The predicted octanol–water partition coefficient (Wildman–Crippen LogP) is 3.49. The fourth-order valence-corrected chi connectivity index (χ4v) is 3.34. The summed E-state index contributed by atoms with van der Waals surface area (Å²) in [6.07, 6.45) is 1.03. The van der Waals surface area contributed by atoms with Crippen LogP contribution in [0.15, 0.2) is 18.2 Å². The summed E-state index contributed by atoms with van der Waals surface area (Å²) in [4.78, 5) is 0. The Balaban J connectivity index is 2.41. The van der Waals surface area contributed by atoms with E-state index in [-0.39, 0.29) is 0 Å². The Hall–Kier alpha value is -1.26. The minimum absolute atomic E-state index is 0.306. The average molecular weight is 261 g/mol. The van der Waals surface area contributed by atoms with Gasteiger partial charge in [-0.1, -0.05) is 36.5 Å². The molecule has 0 aliphatic heterocycles. The molecule has 0 fully saturated rings. The van der Waals surface area contributed by atoms with Crippen LogP contribution in [-0.4, -0.2) is 17.2 Å². The van der Waals surface area contributed by atoms with Crippen LogP contribution in [0, 0.1) is 13.8 Å². The molecule has 1 heterocycles. The second-order valence-electron chi connectivity index (χ2n) is 4.46. The molecule has 2 aromatic rings. The first-order valence-electron chi connectivity index (χ1n) is 6.24. The Morgan fingerprint density at radius 1 is 1.22 bits per heavy atom. The Morgan fingerprint density at radius 2 is 1.89 bits per heavy atom. The van der Waals surface area contributed by atoms with Gasteiger partial charge < -0.3 is 5.32 Å². The van der Waals surface area contributed by atoms with Gasteiger partial charge in [0.05, 0.1) is 6.04 Å². The van der Waals surface area contributed by atoms with Crippen molar-refractivity contribution in [2.45, 2.75) is 33.2 Å². The zero-order valence-electron chi connectivity index (χ0n) is 11.3. The van der Waals surface area contributed by atoms with Crippen molar-refractivity contribution in [3.63, 3.8) is 0 Å². The molecule has 4 heteroatoms. The van der Waals surface area contributed by atoms with Gasteiger partial charge in [-0.2, -0.15) is 0 Å². The Kier molecular flexibility index (Phi) is 4.09. The summed E-state index contributed by atoms with van der Waals surface area (Å²) in [7, 11) is 1.97. The molecule has 0 saturated heterocycles. The second kappa shape index (κ2) is 5.59. The summed E-state index contributed by atoms with van der Waals surface area (Å²) in [5, 5.41) is 14.0. The van der Waals surface area contributed by atoms with E-state index >= 15 is 0 Å². The van der Waals surface area contributed by atoms with E-state index < -0.39 is 0 Å². The van der Waals surface area contributed by atoms with Gasteiger partial charge in [-0.05, 0) is 38.4 Å². The predicted molar refractivity (Wildman–Crippen MR) is 76.9 cm³/mol. The first-order valence-corrected chi connectivity index (χ1v) is 7.06. The molecule has 0 saturated carbocycles. The van der Waals surface area contributed by atoms with Crippen molar-refractivity contribution in [1.29, 1.82) is 0 Å². The van der Waals surface area contributed by atoms with E-state index in [0.717, 1.165) is 16.4 Å². The number of nitrogens with one attached hydrogen (secondary N) is 1. The standard InChI is InChI=1S/C14H19N3S/c1-5-11(15-4)13-16-17-14(18-13)12-9(2)7-6-8-10(12)3/h6-8,11,15H,5H2,1-4H3. The Bertz CT molecular complexity index is 509. The van der Waals surface area contributed by atoms with Crippen LogP contribution in [0.1, 0.15) is 35.5 Å². The summed E-state index contributed by atoms with van der Waals surface area (Å²) >= 11 is 1.69. The van der Waals surface area contributed by atoms with Crippen LogP contribution < -0.4 is 5.32 Å². The van der Waals surface area contributed by atoms with E-state index in [1.165, 1.54) is 16.7 Å². The molecule has 0 bridgehead atoms. The molecule has 1 atom stereocenters. The number of hydrogen-bond acceptors (Lipinski definition) is 4. The van der Waals surface area contributed by atoms with Crippen LogP contribution in [0.2, 0.25) is 0 Å². The van der Waals surface area contributed by atoms with Gasteiger partial charge in [-0.15, -0.1) is 10.2 Å². The molecule has 1 aromatic heterocycles. The molecule has 1 aromatic carbocycles. The highest BCUT2D eigenvalue weighted by Gasteiger charge is 2.15. The highest BCUT2D eigenvalue weighted by Crippen LogP contribution is 2.32. The molecule has 18 heavy (non-hydrogen) atoms. The number of aryl methyl sites for hydroxylation is 2. The molecule has 3 nitrogen and oxygen atoms in total. The Morgan fingerprint density at radius 3 is 2.44 bits per heavy atom. The van der Waals surface area contributed by atoms with Gasteiger partial charge in [0.15, 0.2) is 0 Å². The van der Waals surface area contributed by atoms with E-state index in [1.54, 1.807) is 11.3 Å². The monoisotopic (exact) mass is 261 g/mol. The SMILES string of the molecule is CCC(NC)c1nnc(-c2c(C)cccc2C)s1. The number of hydrogen-bond donors (Lipinski definition) is 1. The largest absolute Gasteiger partial charge is 0.311 e. The molecule has 0 aliphatic rings. The molecule has 0 radical (unpaired) electrons. The molecule has 96 valence electrons. The quantitative estimate of drug-likeness (QED) is 0.915. The third-order valence-corrected chi connectivity index (χ3v) is 4.24. The van der Waals surface area contributed by atoms with Gasteiger partial charge in [0.25, 0.3) is 0 Å². The maximum atomic E-state index is 4.35. The van der Waals surface area contributed by atoms with Crippen molar-refractivity contribution in [2.75, 3.05) is 7.05 Å². The van der Waals surface area contributed by atoms with Crippen molar-refractivity contribution < 1.29 is 0 Å². The van der Waals surface area contributed by atoms with Crippen LogP contribution in [0.3, 0.4) is 0 Å². The molecule has 1 unspecified atom stereocenters. The smallest absolute Gasteiger partial charge is 0.148 e. The van der Waals surface area contributed by atoms with E-state index in [2.05, 4.69) is 54.5 Å². The van der Waals surface area contributed by atoms with Crippen LogP contribution >= 0.6 is 11.3 Å². The third kappa shape index (κ3) is 2.44. The first kappa shape index (κ1) is 13.2. The zero-order valence-corrected chi connectivity index (χ0v) is 12.1. The van der Waals surface area contributed by atoms with Crippen molar-refractivity contribution in [1.82, 2.24) is 15.5 Å². The topological polar surface area (TPSA) is 37.8 Å². The highest BCUT2D eigenvalue weighted by molar-refractivity contribution is 7.14.